The molecule has 2 rings (SSSR count). The molecule has 6 heteroatoms. The van der Waals surface area contributed by atoms with E-state index < -0.39 is 17.4 Å². The summed E-state index contributed by atoms with van der Waals surface area (Å²) in [6.45, 7) is 0. The lowest BCUT2D eigenvalue weighted by molar-refractivity contribution is 0.144. The average molecular weight is 223 g/mol. The SMILES string of the molecule is O=C(O)Oc1c[nH]c2ccc(F)cc2c1=O. The van der Waals surface area contributed by atoms with Gasteiger partial charge in [0.2, 0.25) is 5.43 Å². The number of hydrogen-bond donors (Lipinski definition) is 2. The summed E-state index contributed by atoms with van der Waals surface area (Å²) >= 11 is 0. The second kappa shape index (κ2) is 3.65. The molecule has 0 aliphatic heterocycles. The van der Waals surface area contributed by atoms with Crippen LogP contribution in [0.3, 0.4) is 0 Å². The number of aromatic nitrogens is 1. The summed E-state index contributed by atoms with van der Waals surface area (Å²) in [4.78, 5) is 24.6. The van der Waals surface area contributed by atoms with Crippen molar-refractivity contribution in [2.75, 3.05) is 0 Å². The van der Waals surface area contributed by atoms with Crippen molar-refractivity contribution < 1.29 is 19.0 Å². The van der Waals surface area contributed by atoms with Gasteiger partial charge in [-0.25, -0.2) is 9.18 Å². The summed E-state index contributed by atoms with van der Waals surface area (Å²) in [5.74, 6) is -0.962. The minimum Gasteiger partial charge on any atom is -0.449 e. The van der Waals surface area contributed by atoms with Crippen molar-refractivity contribution in [1.82, 2.24) is 4.98 Å². The third-order valence-corrected chi connectivity index (χ3v) is 2.01. The number of pyridine rings is 1. The van der Waals surface area contributed by atoms with Gasteiger partial charge in [0.05, 0.1) is 5.39 Å². The van der Waals surface area contributed by atoms with Gasteiger partial charge in [-0.1, -0.05) is 0 Å². The van der Waals surface area contributed by atoms with Crippen LogP contribution in [0.25, 0.3) is 10.9 Å². The lowest BCUT2D eigenvalue weighted by atomic mass is 10.2. The van der Waals surface area contributed by atoms with E-state index in [0.29, 0.717) is 5.52 Å². The third kappa shape index (κ3) is 1.72. The molecule has 1 heterocycles. The average Bonchev–Trinajstić information content (AvgIpc) is 2.22. The Morgan fingerprint density at radius 3 is 2.88 bits per heavy atom. The summed E-state index contributed by atoms with van der Waals surface area (Å²) in [5.41, 5.74) is -0.264. The number of carboxylic acid groups (broad SMARTS) is 1. The first kappa shape index (κ1) is 10.2. The molecule has 0 radical (unpaired) electrons. The van der Waals surface area contributed by atoms with Crippen LogP contribution >= 0.6 is 0 Å². The van der Waals surface area contributed by atoms with Crippen LogP contribution in [-0.2, 0) is 0 Å². The fourth-order valence-corrected chi connectivity index (χ4v) is 1.34. The number of carbonyl (C=O) groups is 1. The van der Waals surface area contributed by atoms with E-state index in [0.717, 1.165) is 12.3 Å². The van der Waals surface area contributed by atoms with Gasteiger partial charge in [0.15, 0.2) is 5.75 Å². The summed E-state index contributed by atoms with van der Waals surface area (Å²) in [6, 6.07) is 3.59. The Labute approximate surface area is 88.1 Å². The van der Waals surface area contributed by atoms with Crippen LogP contribution in [0, 0.1) is 5.82 Å². The lowest BCUT2D eigenvalue weighted by Crippen LogP contribution is -2.13. The van der Waals surface area contributed by atoms with Gasteiger partial charge in [-0.05, 0) is 18.2 Å². The highest BCUT2D eigenvalue weighted by molar-refractivity contribution is 5.80. The van der Waals surface area contributed by atoms with Gasteiger partial charge in [0, 0.05) is 11.7 Å². The number of halogens is 1. The molecule has 0 saturated heterocycles. The topological polar surface area (TPSA) is 79.4 Å². The molecule has 2 N–H and O–H groups in total. The maximum absolute atomic E-state index is 12.9. The molecule has 0 unspecified atom stereocenters. The Morgan fingerprint density at radius 2 is 2.19 bits per heavy atom. The van der Waals surface area contributed by atoms with Crippen LogP contribution in [0.15, 0.2) is 29.2 Å². The Balaban J connectivity index is 2.68. The van der Waals surface area contributed by atoms with Crippen molar-refractivity contribution in [1.29, 1.82) is 0 Å². The van der Waals surface area contributed by atoms with Crippen LogP contribution in [0.5, 0.6) is 5.75 Å². The van der Waals surface area contributed by atoms with Gasteiger partial charge < -0.3 is 14.8 Å². The number of hydrogen-bond acceptors (Lipinski definition) is 3. The molecule has 0 aliphatic rings. The molecule has 82 valence electrons. The zero-order valence-electron chi connectivity index (χ0n) is 7.86. The summed E-state index contributed by atoms with van der Waals surface area (Å²) in [7, 11) is 0. The number of nitrogens with one attached hydrogen (secondary N) is 1. The molecule has 0 fully saturated rings. The number of rotatable bonds is 1. The zero-order chi connectivity index (χ0) is 11.7. The van der Waals surface area contributed by atoms with Crippen LogP contribution in [0.4, 0.5) is 9.18 Å². The second-order valence-corrected chi connectivity index (χ2v) is 3.04. The van der Waals surface area contributed by atoms with E-state index >= 15 is 0 Å². The molecule has 16 heavy (non-hydrogen) atoms. The van der Waals surface area contributed by atoms with Crippen LogP contribution < -0.4 is 10.2 Å². The number of benzene rings is 1. The van der Waals surface area contributed by atoms with Crippen molar-refractivity contribution in [3.05, 3.63) is 40.4 Å². The predicted octanol–water partition coefficient (Wildman–Crippen LogP) is 1.72. The van der Waals surface area contributed by atoms with Gasteiger partial charge in [0.25, 0.3) is 0 Å². The van der Waals surface area contributed by atoms with Gasteiger partial charge in [-0.2, -0.15) is 0 Å². The highest BCUT2D eigenvalue weighted by Gasteiger charge is 2.09. The standard InChI is InChI=1S/C10H6FNO4/c11-5-1-2-7-6(3-5)9(13)8(4-12-7)16-10(14)15/h1-4H,(H,12,13)(H,14,15). The van der Waals surface area contributed by atoms with Crippen molar-refractivity contribution in [2.24, 2.45) is 0 Å². The molecule has 1 aromatic heterocycles. The Bertz CT molecular complexity index is 620. The first-order valence-electron chi connectivity index (χ1n) is 4.29. The van der Waals surface area contributed by atoms with E-state index in [4.69, 9.17) is 5.11 Å². The summed E-state index contributed by atoms with van der Waals surface area (Å²) < 4.78 is 17.1. The monoisotopic (exact) mass is 223 g/mol. The first-order valence-corrected chi connectivity index (χ1v) is 4.29. The van der Waals surface area contributed by atoms with Crippen LogP contribution in [-0.4, -0.2) is 16.2 Å². The minimum atomic E-state index is -1.60. The van der Waals surface area contributed by atoms with Gasteiger partial charge >= 0.3 is 6.16 Å². The molecule has 0 bridgehead atoms. The van der Waals surface area contributed by atoms with Crippen molar-refractivity contribution in [2.45, 2.75) is 0 Å². The minimum absolute atomic E-state index is 0.0405. The fourth-order valence-electron chi connectivity index (χ4n) is 1.34. The highest BCUT2D eigenvalue weighted by Crippen LogP contribution is 2.13. The Kier molecular flexibility index (Phi) is 2.32. The number of ether oxygens (including phenoxy) is 1. The Morgan fingerprint density at radius 1 is 1.44 bits per heavy atom. The number of fused-ring (bicyclic) bond motifs is 1. The molecular weight excluding hydrogens is 217 g/mol. The van der Waals surface area contributed by atoms with E-state index in [-0.39, 0.29) is 11.1 Å². The maximum atomic E-state index is 12.9. The molecule has 0 aliphatic carbocycles. The molecular formula is C10H6FNO4. The van der Waals surface area contributed by atoms with Gasteiger partial charge in [-0.3, -0.25) is 4.79 Å². The van der Waals surface area contributed by atoms with E-state index in [1.54, 1.807) is 0 Å². The first-order chi connectivity index (χ1) is 7.58. The van der Waals surface area contributed by atoms with Crippen molar-refractivity contribution >= 4 is 17.1 Å². The Hall–Kier alpha value is -2.37. The van der Waals surface area contributed by atoms with Crippen LogP contribution in [0.2, 0.25) is 0 Å². The third-order valence-electron chi connectivity index (χ3n) is 2.01. The normalized spacial score (nSPS) is 10.3. The summed E-state index contributed by atoms with van der Waals surface area (Å²) in [5, 5.41) is 8.41. The zero-order valence-corrected chi connectivity index (χ0v) is 7.86. The molecule has 0 spiro atoms. The van der Waals surface area contributed by atoms with Crippen LogP contribution in [0.1, 0.15) is 0 Å². The molecule has 0 atom stereocenters. The molecule has 2 aromatic rings. The second-order valence-electron chi connectivity index (χ2n) is 3.04. The van der Waals surface area contributed by atoms with Crippen molar-refractivity contribution in [3.63, 3.8) is 0 Å². The van der Waals surface area contributed by atoms with E-state index in [2.05, 4.69) is 9.72 Å². The highest BCUT2D eigenvalue weighted by atomic mass is 19.1. The molecule has 5 nitrogen and oxygen atoms in total. The lowest BCUT2D eigenvalue weighted by Gasteiger charge is -2.01. The van der Waals surface area contributed by atoms with Gasteiger partial charge in [-0.15, -0.1) is 0 Å². The quantitative estimate of drug-likeness (QED) is 0.721. The maximum Gasteiger partial charge on any atom is 0.511 e. The number of H-pyrrole nitrogens is 1. The molecule has 1 aromatic carbocycles. The summed E-state index contributed by atoms with van der Waals surface area (Å²) in [6.07, 6.45) is -0.474. The molecule has 0 saturated carbocycles. The van der Waals surface area contributed by atoms with E-state index in [1.807, 2.05) is 0 Å². The number of aromatic amines is 1. The molecule has 0 amide bonds. The van der Waals surface area contributed by atoms with Gasteiger partial charge in [0.1, 0.15) is 5.82 Å². The predicted molar refractivity (Wildman–Crippen MR) is 53.2 cm³/mol. The smallest absolute Gasteiger partial charge is 0.449 e. The largest absolute Gasteiger partial charge is 0.511 e. The van der Waals surface area contributed by atoms with Crippen molar-refractivity contribution in [3.8, 4) is 5.75 Å². The van der Waals surface area contributed by atoms with E-state index in [1.165, 1.54) is 12.1 Å². The van der Waals surface area contributed by atoms with E-state index in [9.17, 15) is 14.0 Å². The fraction of sp³-hybridized carbons (Fsp3) is 0.